The van der Waals surface area contributed by atoms with Crippen LogP contribution in [0, 0.1) is 5.92 Å². The Labute approximate surface area is 118 Å². The number of carboxylic acid groups (broad SMARTS) is 1. The van der Waals surface area contributed by atoms with Crippen molar-refractivity contribution in [2.24, 2.45) is 5.92 Å². The first-order valence-electron chi connectivity index (χ1n) is 6.54. The second-order valence-electron chi connectivity index (χ2n) is 4.92. The van der Waals surface area contributed by atoms with Gasteiger partial charge in [0.05, 0.1) is 0 Å². The van der Waals surface area contributed by atoms with Crippen LogP contribution in [0.1, 0.15) is 19.4 Å². The SMILES string of the molecule is CC=CC1(O)C(c2ccccc2)=C(C)C=CC1C(=O)O. The smallest absolute Gasteiger partial charge is 0.314 e. The summed E-state index contributed by atoms with van der Waals surface area (Å²) in [4.78, 5) is 11.5. The van der Waals surface area contributed by atoms with Crippen molar-refractivity contribution in [3.8, 4) is 0 Å². The molecule has 0 spiro atoms. The number of rotatable bonds is 3. The highest BCUT2D eigenvalue weighted by Crippen LogP contribution is 2.41. The van der Waals surface area contributed by atoms with Gasteiger partial charge >= 0.3 is 5.97 Å². The van der Waals surface area contributed by atoms with Crippen LogP contribution in [-0.4, -0.2) is 21.8 Å². The average Bonchev–Trinajstić information content (AvgIpc) is 2.39. The van der Waals surface area contributed by atoms with Gasteiger partial charge in [-0.1, -0.05) is 54.6 Å². The van der Waals surface area contributed by atoms with Crippen molar-refractivity contribution in [3.63, 3.8) is 0 Å². The molecular formula is C17H18O3. The summed E-state index contributed by atoms with van der Waals surface area (Å²) in [6.07, 6.45) is 6.55. The first-order valence-corrected chi connectivity index (χ1v) is 6.54. The molecule has 0 heterocycles. The molecule has 2 atom stereocenters. The van der Waals surface area contributed by atoms with Gasteiger partial charge in [-0.25, -0.2) is 0 Å². The fourth-order valence-corrected chi connectivity index (χ4v) is 2.72. The molecule has 0 aliphatic heterocycles. The minimum absolute atomic E-state index is 0.645. The maximum absolute atomic E-state index is 11.5. The Morgan fingerprint density at radius 2 is 1.95 bits per heavy atom. The van der Waals surface area contributed by atoms with E-state index in [4.69, 9.17) is 0 Å². The number of hydrogen-bond donors (Lipinski definition) is 2. The number of carboxylic acids is 1. The van der Waals surface area contributed by atoms with Gasteiger partial charge in [-0.3, -0.25) is 4.79 Å². The third-order valence-electron chi connectivity index (χ3n) is 3.56. The molecule has 20 heavy (non-hydrogen) atoms. The molecule has 1 aromatic carbocycles. The van der Waals surface area contributed by atoms with Crippen molar-refractivity contribution in [3.05, 3.63) is 65.8 Å². The van der Waals surface area contributed by atoms with Crippen LogP contribution >= 0.6 is 0 Å². The number of benzene rings is 1. The standard InChI is InChI=1S/C17H18O3/c1-3-11-17(20)14(16(18)19)10-9-12(2)15(17)13-7-5-4-6-8-13/h3-11,14,20H,1-2H3,(H,18,19). The topological polar surface area (TPSA) is 57.5 Å². The Hall–Kier alpha value is -2.13. The summed E-state index contributed by atoms with van der Waals surface area (Å²) in [6, 6.07) is 9.40. The number of aliphatic carboxylic acids is 1. The van der Waals surface area contributed by atoms with Gasteiger partial charge in [0.1, 0.15) is 11.5 Å². The molecule has 0 fully saturated rings. The van der Waals surface area contributed by atoms with Crippen LogP contribution in [0.15, 0.2) is 60.2 Å². The van der Waals surface area contributed by atoms with Gasteiger partial charge in [0.25, 0.3) is 0 Å². The molecule has 0 radical (unpaired) electrons. The van der Waals surface area contributed by atoms with Gasteiger partial charge in [-0.2, -0.15) is 0 Å². The lowest BCUT2D eigenvalue weighted by molar-refractivity contribution is -0.144. The molecule has 0 amide bonds. The van der Waals surface area contributed by atoms with Crippen molar-refractivity contribution in [1.82, 2.24) is 0 Å². The molecule has 2 N–H and O–H groups in total. The summed E-state index contributed by atoms with van der Waals surface area (Å²) in [5, 5.41) is 20.4. The van der Waals surface area contributed by atoms with Gasteiger partial charge in [0.15, 0.2) is 0 Å². The number of allylic oxidation sites excluding steroid dienone is 3. The van der Waals surface area contributed by atoms with Crippen LogP contribution < -0.4 is 0 Å². The molecule has 1 aliphatic rings. The van der Waals surface area contributed by atoms with E-state index in [1.54, 1.807) is 31.2 Å². The molecule has 3 nitrogen and oxygen atoms in total. The third kappa shape index (κ3) is 2.32. The summed E-state index contributed by atoms with van der Waals surface area (Å²) in [7, 11) is 0. The first-order chi connectivity index (χ1) is 9.50. The minimum atomic E-state index is -1.53. The number of aliphatic hydroxyl groups is 1. The highest BCUT2D eigenvalue weighted by Gasteiger charge is 2.44. The van der Waals surface area contributed by atoms with Crippen LogP contribution in [0.2, 0.25) is 0 Å². The molecule has 3 heteroatoms. The van der Waals surface area contributed by atoms with Crippen molar-refractivity contribution < 1.29 is 15.0 Å². The van der Waals surface area contributed by atoms with Gasteiger partial charge in [-0.05, 0) is 30.6 Å². The monoisotopic (exact) mass is 270 g/mol. The molecule has 1 aromatic rings. The predicted octanol–water partition coefficient (Wildman–Crippen LogP) is 3.04. The summed E-state index contributed by atoms with van der Waals surface area (Å²) < 4.78 is 0. The molecule has 2 rings (SSSR count). The predicted molar refractivity (Wildman–Crippen MR) is 79.1 cm³/mol. The fourth-order valence-electron chi connectivity index (χ4n) is 2.72. The van der Waals surface area contributed by atoms with E-state index in [1.165, 1.54) is 0 Å². The lowest BCUT2D eigenvalue weighted by atomic mass is 9.72. The molecule has 1 aliphatic carbocycles. The number of carbonyl (C=O) groups is 1. The van der Waals surface area contributed by atoms with E-state index in [2.05, 4.69) is 0 Å². The van der Waals surface area contributed by atoms with Gasteiger partial charge in [0, 0.05) is 0 Å². The Balaban J connectivity index is 2.66. The lowest BCUT2D eigenvalue weighted by Gasteiger charge is -2.36. The van der Waals surface area contributed by atoms with Gasteiger partial charge in [-0.15, -0.1) is 0 Å². The quantitative estimate of drug-likeness (QED) is 0.830. The molecular weight excluding hydrogens is 252 g/mol. The van der Waals surface area contributed by atoms with Crippen LogP contribution in [0.25, 0.3) is 5.57 Å². The summed E-state index contributed by atoms with van der Waals surface area (Å²) in [5.74, 6) is -2.03. The van der Waals surface area contributed by atoms with E-state index in [0.29, 0.717) is 5.57 Å². The van der Waals surface area contributed by atoms with Crippen LogP contribution in [0.4, 0.5) is 0 Å². The van der Waals surface area contributed by atoms with Crippen molar-refractivity contribution in [2.75, 3.05) is 0 Å². The molecule has 0 aromatic heterocycles. The Kier molecular flexibility index (Phi) is 3.91. The molecule has 0 bridgehead atoms. The van der Waals surface area contributed by atoms with Crippen molar-refractivity contribution >= 4 is 11.5 Å². The minimum Gasteiger partial charge on any atom is -0.481 e. The largest absolute Gasteiger partial charge is 0.481 e. The maximum atomic E-state index is 11.5. The van der Waals surface area contributed by atoms with Crippen molar-refractivity contribution in [2.45, 2.75) is 19.4 Å². The van der Waals surface area contributed by atoms with E-state index in [1.807, 2.05) is 37.3 Å². The average molecular weight is 270 g/mol. The Morgan fingerprint density at radius 1 is 1.30 bits per heavy atom. The highest BCUT2D eigenvalue weighted by molar-refractivity contribution is 5.88. The van der Waals surface area contributed by atoms with E-state index in [9.17, 15) is 15.0 Å². The second kappa shape index (κ2) is 5.47. The van der Waals surface area contributed by atoms with E-state index >= 15 is 0 Å². The zero-order valence-electron chi connectivity index (χ0n) is 11.6. The fraction of sp³-hybridized carbons (Fsp3) is 0.235. The van der Waals surface area contributed by atoms with E-state index in [0.717, 1.165) is 11.1 Å². The molecule has 0 saturated heterocycles. The summed E-state index contributed by atoms with van der Waals surface area (Å²) in [5.41, 5.74) is 0.822. The van der Waals surface area contributed by atoms with E-state index < -0.39 is 17.5 Å². The zero-order valence-corrected chi connectivity index (χ0v) is 11.6. The maximum Gasteiger partial charge on any atom is 0.314 e. The lowest BCUT2D eigenvalue weighted by Crippen LogP contribution is -2.42. The van der Waals surface area contributed by atoms with Gasteiger partial charge in [0.2, 0.25) is 0 Å². The normalized spacial score (nSPS) is 26.2. The molecule has 0 saturated carbocycles. The first kappa shape index (κ1) is 14.3. The zero-order chi connectivity index (χ0) is 14.8. The van der Waals surface area contributed by atoms with Crippen LogP contribution in [0.5, 0.6) is 0 Å². The number of hydrogen-bond acceptors (Lipinski definition) is 2. The highest BCUT2D eigenvalue weighted by atomic mass is 16.4. The van der Waals surface area contributed by atoms with Crippen LogP contribution in [-0.2, 0) is 4.79 Å². The third-order valence-corrected chi connectivity index (χ3v) is 3.56. The Bertz CT molecular complexity index is 596. The molecule has 104 valence electrons. The Morgan fingerprint density at radius 3 is 2.50 bits per heavy atom. The van der Waals surface area contributed by atoms with Gasteiger partial charge < -0.3 is 10.2 Å². The summed E-state index contributed by atoms with van der Waals surface area (Å²) >= 11 is 0. The van der Waals surface area contributed by atoms with Crippen molar-refractivity contribution in [1.29, 1.82) is 0 Å². The molecule has 2 unspecified atom stereocenters. The van der Waals surface area contributed by atoms with Crippen LogP contribution in [0.3, 0.4) is 0 Å². The van der Waals surface area contributed by atoms with E-state index in [-0.39, 0.29) is 0 Å². The summed E-state index contributed by atoms with van der Waals surface area (Å²) in [6.45, 7) is 3.65. The second-order valence-corrected chi connectivity index (χ2v) is 4.92.